The minimum Gasteiger partial charge on any atom is -0.380 e. The van der Waals surface area contributed by atoms with E-state index in [4.69, 9.17) is 4.74 Å². The van der Waals surface area contributed by atoms with Gasteiger partial charge in [-0.1, -0.05) is 71.1 Å². The van der Waals surface area contributed by atoms with E-state index in [1.807, 2.05) is 0 Å². The van der Waals surface area contributed by atoms with Gasteiger partial charge in [0, 0.05) is 13.2 Å². The van der Waals surface area contributed by atoms with Crippen LogP contribution in [-0.2, 0) is 4.74 Å². The molecule has 0 aromatic carbocycles. The first-order valence-corrected chi connectivity index (χ1v) is 8.50. The van der Waals surface area contributed by atoms with E-state index < -0.39 is 0 Å². The van der Waals surface area contributed by atoms with Gasteiger partial charge in [-0.15, -0.1) is 0 Å². The van der Waals surface area contributed by atoms with Crippen molar-refractivity contribution >= 4 is 0 Å². The summed E-state index contributed by atoms with van der Waals surface area (Å²) in [4.78, 5) is 2.17. The third kappa shape index (κ3) is 17.9. The second kappa shape index (κ2) is 16.0. The summed E-state index contributed by atoms with van der Waals surface area (Å²) in [5, 5.41) is 0. The van der Waals surface area contributed by atoms with Crippen molar-refractivity contribution in [1.29, 1.82) is 0 Å². The van der Waals surface area contributed by atoms with E-state index in [1.165, 1.54) is 70.6 Å². The van der Waals surface area contributed by atoms with Crippen LogP contribution in [0, 0.1) is 0 Å². The van der Waals surface area contributed by atoms with Crippen molar-refractivity contribution in [1.82, 2.24) is 4.90 Å². The van der Waals surface area contributed by atoms with Crippen molar-refractivity contribution < 1.29 is 4.74 Å². The fraction of sp³-hybridized carbons (Fsp3) is 1.00. The second-order valence-corrected chi connectivity index (χ2v) is 5.95. The molecule has 0 bridgehead atoms. The third-order valence-corrected chi connectivity index (χ3v) is 3.58. The van der Waals surface area contributed by atoms with Gasteiger partial charge < -0.3 is 9.64 Å². The summed E-state index contributed by atoms with van der Waals surface area (Å²) in [5.74, 6) is 0. The Bertz CT molecular complexity index is 159. The molecule has 0 atom stereocenters. The van der Waals surface area contributed by atoms with Crippen LogP contribution in [-0.4, -0.2) is 38.8 Å². The van der Waals surface area contributed by atoms with Crippen molar-refractivity contribution in [2.24, 2.45) is 0 Å². The summed E-state index contributed by atoms with van der Waals surface area (Å²) in [6.07, 6.45) is 15.4. The molecule has 0 amide bonds. The van der Waals surface area contributed by atoms with Gasteiger partial charge in [-0.2, -0.15) is 0 Å². The molecule has 0 aliphatic heterocycles. The summed E-state index contributed by atoms with van der Waals surface area (Å²) >= 11 is 0. The fourth-order valence-electron chi connectivity index (χ4n) is 2.22. The highest BCUT2D eigenvalue weighted by Crippen LogP contribution is 2.11. The van der Waals surface area contributed by atoms with Gasteiger partial charge in [-0.3, -0.25) is 0 Å². The maximum absolute atomic E-state index is 5.59. The van der Waals surface area contributed by atoms with Gasteiger partial charge in [0.1, 0.15) is 0 Å². The van der Waals surface area contributed by atoms with Crippen molar-refractivity contribution in [2.45, 2.75) is 77.6 Å². The van der Waals surface area contributed by atoms with E-state index in [1.54, 1.807) is 0 Å². The Morgan fingerprint density at radius 3 is 1.58 bits per heavy atom. The lowest BCUT2D eigenvalue weighted by Gasteiger charge is -2.09. The third-order valence-electron chi connectivity index (χ3n) is 3.58. The van der Waals surface area contributed by atoms with Gasteiger partial charge in [-0.25, -0.2) is 0 Å². The van der Waals surface area contributed by atoms with Crippen molar-refractivity contribution in [2.75, 3.05) is 33.9 Å². The largest absolute Gasteiger partial charge is 0.380 e. The van der Waals surface area contributed by atoms with Crippen LogP contribution in [0.15, 0.2) is 0 Å². The van der Waals surface area contributed by atoms with Crippen molar-refractivity contribution in [3.63, 3.8) is 0 Å². The maximum Gasteiger partial charge on any atom is 0.0593 e. The van der Waals surface area contributed by atoms with E-state index in [2.05, 4.69) is 25.9 Å². The number of likely N-dealkylation sites (N-methyl/N-ethyl adjacent to an activating group) is 1. The minimum atomic E-state index is 0.880. The number of rotatable bonds is 15. The molecule has 0 N–H and O–H groups in total. The Kier molecular flexibility index (Phi) is 15.9. The topological polar surface area (TPSA) is 12.5 Å². The lowest BCUT2D eigenvalue weighted by atomic mass is 10.1. The molecular weight excluding hydrogens is 234 g/mol. The Morgan fingerprint density at radius 1 is 0.632 bits per heavy atom. The maximum atomic E-state index is 5.59. The van der Waals surface area contributed by atoms with Gasteiger partial charge in [0.25, 0.3) is 0 Å². The average Bonchev–Trinajstić information content (AvgIpc) is 2.39. The van der Waals surface area contributed by atoms with Crippen LogP contribution < -0.4 is 0 Å². The molecule has 0 saturated carbocycles. The second-order valence-electron chi connectivity index (χ2n) is 5.95. The van der Waals surface area contributed by atoms with Gasteiger partial charge in [0.15, 0.2) is 0 Å². The SMILES string of the molecule is CCCCCCCCCCCCCOCCN(C)C. The number of ether oxygens (including phenoxy) is 1. The Hall–Kier alpha value is -0.0800. The zero-order valence-electron chi connectivity index (χ0n) is 13.8. The van der Waals surface area contributed by atoms with Gasteiger partial charge in [-0.05, 0) is 20.5 Å². The normalized spacial score (nSPS) is 11.4. The van der Waals surface area contributed by atoms with Crippen LogP contribution in [0.2, 0.25) is 0 Å². The molecule has 0 spiro atoms. The number of unbranched alkanes of at least 4 members (excludes halogenated alkanes) is 10. The summed E-state index contributed by atoms with van der Waals surface area (Å²) < 4.78 is 5.59. The van der Waals surface area contributed by atoms with Crippen LogP contribution in [0.5, 0.6) is 0 Å². The first-order valence-electron chi connectivity index (χ1n) is 8.50. The molecule has 0 unspecified atom stereocenters. The predicted octanol–water partition coefficient (Wildman–Crippen LogP) is 4.88. The monoisotopic (exact) mass is 271 g/mol. The minimum absolute atomic E-state index is 0.880. The molecule has 0 aliphatic rings. The summed E-state index contributed by atoms with van der Waals surface area (Å²) in [5.41, 5.74) is 0. The van der Waals surface area contributed by atoms with Crippen molar-refractivity contribution in [3.8, 4) is 0 Å². The van der Waals surface area contributed by atoms with Gasteiger partial charge >= 0.3 is 0 Å². The van der Waals surface area contributed by atoms with Gasteiger partial charge in [0.05, 0.1) is 6.61 Å². The molecule has 0 aliphatic carbocycles. The summed E-state index contributed by atoms with van der Waals surface area (Å²) in [7, 11) is 4.18. The zero-order chi connectivity index (χ0) is 14.2. The molecule has 0 aromatic rings. The number of nitrogens with zero attached hydrogens (tertiary/aromatic N) is 1. The molecule has 19 heavy (non-hydrogen) atoms. The van der Waals surface area contributed by atoms with Crippen LogP contribution in [0.3, 0.4) is 0 Å². The standard InChI is InChI=1S/C17H37NO/c1-4-5-6-7-8-9-10-11-12-13-14-16-19-17-15-18(2)3/h4-17H2,1-3H3. The molecule has 0 heterocycles. The highest BCUT2D eigenvalue weighted by Gasteiger charge is 1.94. The zero-order valence-corrected chi connectivity index (χ0v) is 13.8. The molecule has 2 heteroatoms. The summed E-state index contributed by atoms with van der Waals surface area (Å²) in [6.45, 7) is 5.15. The van der Waals surface area contributed by atoms with Crippen LogP contribution in [0.25, 0.3) is 0 Å². The quantitative estimate of drug-likeness (QED) is 0.394. The highest BCUT2D eigenvalue weighted by atomic mass is 16.5. The number of hydrogen-bond donors (Lipinski definition) is 0. The molecule has 0 fully saturated rings. The Labute approximate surface area is 121 Å². The Balaban J connectivity index is 2.91. The summed E-state index contributed by atoms with van der Waals surface area (Å²) in [6, 6.07) is 0. The molecular formula is C17H37NO. The van der Waals surface area contributed by atoms with E-state index in [-0.39, 0.29) is 0 Å². The van der Waals surface area contributed by atoms with E-state index in [0.717, 1.165) is 19.8 Å². The smallest absolute Gasteiger partial charge is 0.0593 e. The molecule has 0 rings (SSSR count). The molecule has 0 aromatic heterocycles. The van der Waals surface area contributed by atoms with E-state index >= 15 is 0 Å². The highest BCUT2D eigenvalue weighted by molar-refractivity contribution is 4.48. The Morgan fingerprint density at radius 2 is 1.11 bits per heavy atom. The van der Waals surface area contributed by atoms with Gasteiger partial charge in [0.2, 0.25) is 0 Å². The van der Waals surface area contributed by atoms with Crippen LogP contribution >= 0.6 is 0 Å². The lowest BCUT2D eigenvalue weighted by Crippen LogP contribution is -2.18. The van der Waals surface area contributed by atoms with E-state index in [9.17, 15) is 0 Å². The predicted molar refractivity (Wildman–Crippen MR) is 85.8 cm³/mol. The molecule has 0 radical (unpaired) electrons. The molecule has 116 valence electrons. The molecule has 2 nitrogen and oxygen atoms in total. The number of hydrogen-bond acceptors (Lipinski definition) is 2. The first-order chi connectivity index (χ1) is 9.27. The van der Waals surface area contributed by atoms with Crippen molar-refractivity contribution in [3.05, 3.63) is 0 Å². The fourth-order valence-corrected chi connectivity index (χ4v) is 2.22. The average molecular weight is 271 g/mol. The van der Waals surface area contributed by atoms with E-state index in [0.29, 0.717) is 0 Å². The van der Waals surface area contributed by atoms with Crippen LogP contribution in [0.4, 0.5) is 0 Å². The first kappa shape index (κ1) is 18.9. The lowest BCUT2D eigenvalue weighted by molar-refractivity contribution is 0.114. The van der Waals surface area contributed by atoms with Crippen LogP contribution in [0.1, 0.15) is 77.6 Å². The molecule has 0 saturated heterocycles.